The molecule has 0 spiro atoms. The molecule has 1 aromatic heterocycles. The highest BCUT2D eigenvalue weighted by Crippen LogP contribution is 2.50. The number of nitrogens with zero attached hydrogens (tertiary/aromatic N) is 3. The predicted octanol–water partition coefficient (Wildman–Crippen LogP) is 13.4. The van der Waals surface area contributed by atoms with E-state index in [-0.39, 0.29) is 5.41 Å². The highest BCUT2D eigenvalue weighted by Gasteiger charge is 2.35. The molecule has 8 aromatic carbocycles. The van der Waals surface area contributed by atoms with Gasteiger partial charge in [0.25, 0.3) is 0 Å². The van der Waals surface area contributed by atoms with Crippen molar-refractivity contribution >= 4 is 34.8 Å². The van der Waals surface area contributed by atoms with Crippen molar-refractivity contribution in [2.45, 2.75) is 38.9 Å². The van der Waals surface area contributed by atoms with Gasteiger partial charge in [0.05, 0.1) is 8.07 Å². The van der Waals surface area contributed by atoms with Gasteiger partial charge in [0.15, 0.2) is 17.5 Å². The molecule has 0 bridgehead atoms. The van der Waals surface area contributed by atoms with Gasteiger partial charge >= 0.3 is 0 Å². The maximum absolute atomic E-state index is 5.09. The summed E-state index contributed by atoms with van der Waals surface area (Å²) in [6, 6.07) is 61.6. The van der Waals surface area contributed by atoms with Crippen LogP contribution in [0.25, 0.3) is 89.1 Å². The van der Waals surface area contributed by atoms with Crippen LogP contribution < -0.4 is 5.19 Å². The lowest BCUT2D eigenvalue weighted by atomic mass is 9.82. The topological polar surface area (TPSA) is 38.7 Å². The Hall–Kier alpha value is -6.49. The zero-order valence-electron chi connectivity index (χ0n) is 33.0. The first-order chi connectivity index (χ1) is 27.6. The Bertz CT molecular complexity index is 2910. The Morgan fingerprint density at radius 1 is 0.351 bits per heavy atom. The Kier molecular flexibility index (Phi) is 8.17. The minimum absolute atomic E-state index is 0.0720. The molecule has 57 heavy (non-hydrogen) atoms. The Balaban J connectivity index is 1.02. The van der Waals surface area contributed by atoms with E-state index in [4.69, 9.17) is 15.0 Å². The minimum Gasteiger partial charge on any atom is -0.208 e. The molecule has 0 unspecified atom stereocenters. The van der Waals surface area contributed by atoms with Gasteiger partial charge in [0, 0.05) is 22.1 Å². The highest BCUT2D eigenvalue weighted by atomic mass is 28.3. The fourth-order valence-corrected chi connectivity index (χ4v) is 9.69. The number of aromatic nitrogens is 3. The van der Waals surface area contributed by atoms with Gasteiger partial charge in [-0.25, -0.2) is 15.0 Å². The lowest BCUT2D eigenvalue weighted by Crippen LogP contribution is -2.37. The lowest BCUT2D eigenvalue weighted by molar-refractivity contribution is 0.660. The van der Waals surface area contributed by atoms with Crippen LogP contribution >= 0.6 is 0 Å². The molecule has 0 N–H and O–H groups in total. The van der Waals surface area contributed by atoms with Crippen molar-refractivity contribution in [1.29, 1.82) is 0 Å². The smallest absolute Gasteiger partial charge is 0.164 e. The van der Waals surface area contributed by atoms with Gasteiger partial charge in [-0.3, -0.25) is 0 Å². The Morgan fingerprint density at radius 2 is 0.719 bits per heavy atom. The summed E-state index contributed by atoms with van der Waals surface area (Å²) < 4.78 is 0. The van der Waals surface area contributed by atoms with E-state index in [2.05, 4.69) is 203 Å². The van der Waals surface area contributed by atoms with Crippen LogP contribution in [-0.2, 0) is 5.41 Å². The molecule has 10 rings (SSSR count). The summed E-state index contributed by atoms with van der Waals surface area (Å²) in [6.07, 6.45) is 0. The first-order valence-corrected chi connectivity index (χ1v) is 23.3. The van der Waals surface area contributed by atoms with Crippen molar-refractivity contribution in [3.05, 3.63) is 181 Å². The summed E-state index contributed by atoms with van der Waals surface area (Å²) in [5.74, 6) is 1.96. The number of fused-ring (bicyclic) bond motifs is 5. The molecule has 0 radical (unpaired) electrons. The summed E-state index contributed by atoms with van der Waals surface area (Å²) >= 11 is 0. The van der Waals surface area contributed by atoms with Gasteiger partial charge in [-0.2, -0.15) is 0 Å². The quantitative estimate of drug-likeness (QED) is 0.159. The number of hydrogen-bond acceptors (Lipinski definition) is 3. The van der Waals surface area contributed by atoms with E-state index in [9.17, 15) is 0 Å². The molecular formula is C53H43N3Si. The van der Waals surface area contributed by atoms with Crippen LogP contribution in [0.15, 0.2) is 170 Å². The summed E-state index contributed by atoms with van der Waals surface area (Å²) in [7, 11) is -1.36. The molecule has 1 aliphatic rings. The zero-order chi connectivity index (χ0) is 38.9. The SMILES string of the molecule is CC1(C)c2ccc(-c3ccc(-c4nc(-c5ccc6ccccc6c5)nc(-c5ccc6ccccc6c5)n4)cc3)cc2-c2cc(-c3ccc([Si](C)(C)C)cc3)ccc21. The lowest BCUT2D eigenvalue weighted by Gasteiger charge is -2.22. The largest absolute Gasteiger partial charge is 0.208 e. The average Bonchev–Trinajstić information content (AvgIpc) is 3.47. The Morgan fingerprint density at radius 3 is 1.18 bits per heavy atom. The third-order valence-electron chi connectivity index (χ3n) is 11.9. The molecular weight excluding hydrogens is 707 g/mol. The second-order valence-electron chi connectivity index (χ2n) is 17.0. The summed E-state index contributed by atoms with van der Waals surface area (Å²) in [5, 5.41) is 6.17. The summed E-state index contributed by atoms with van der Waals surface area (Å²) in [4.78, 5) is 15.2. The summed E-state index contributed by atoms with van der Waals surface area (Å²) in [6.45, 7) is 11.9. The van der Waals surface area contributed by atoms with E-state index >= 15 is 0 Å². The van der Waals surface area contributed by atoms with Gasteiger partial charge < -0.3 is 0 Å². The van der Waals surface area contributed by atoms with Crippen LogP contribution in [0.5, 0.6) is 0 Å². The fraction of sp³-hybridized carbons (Fsp3) is 0.113. The molecule has 9 aromatic rings. The molecule has 0 saturated heterocycles. The van der Waals surface area contributed by atoms with Gasteiger partial charge in [0.1, 0.15) is 0 Å². The van der Waals surface area contributed by atoms with Crippen molar-refractivity contribution in [2.75, 3.05) is 0 Å². The van der Waals surface area contributed by atoms with E-state index in [1.165, 1.54) is 54.9 Å². The highest BCUT2D eigenvalue weighted by molar-refractivity contribution is 6.88. The monoisotopic (exact) mass is 749 g/mol. The molecule has 0 aliphatic heterocycles. The number of benzene rings is 8. The third kappa shape index (κ3) is 6.27. The minimum atomic E-state index is -1.36. The van der Waals surface area contributed by atoms with E-state index in [0.29, 0.717) is 17.5 Å². The molecule has 4 heteroatoms. The van der Waals surface area contributed by atoms with Crippen molar-refractivity contribution in [3.8, 4) is 67.5 Å². The van der Waals surface area contributed by atoms with Crippen LogP contribution in [0.4, 0.5) is 0 Å². The van der Waals surface area contributed by atoms with Crippen molar-refractivity contribution in [1.82, 2.24) is 15.0 Å². The molecule has 0 amide bonds. The predicted molar refractivity (Wildman–Crippen MR) is 243 cm³/mol. The molecule has 0 fully saturated rings. The van der Waals surface area contributed by atoms with Crippen LogP contribution in [0.2, 0.25) is 19.6 Å². The third-order valence-corrected chi connectivity index (χ3v) is 14.0. The molecule has 0 atom stereocenters. The maximum Gasteiger partial charge on any atom is 0.164 e. The van der Waals surface area contributed by atoms with E-state index < -0.39 is 8.07 Å². The second-order valence-corrected chi connectivity index (χ2v) is 22.1. The molecule has 1 aliphatic carbocycles. The van der Waals surface area contributed by atoms with Gasteiger partial charge in [-0.15, -0.1) is 0 Å². The number of rotatable bonds is 6. The number of hydrogen-bond donors (Lipinski definition) is 0. The van der Waals surface area contributed by atoms with E-state index in [1.807, 2.05) is 0 Å². The molecule has 3 nitrogen and oxygen atoms in total. The van der Waals surface area contributed by atoms with Crippen molar-refractivity contribution in [2.24, 2.45) is 0 Å². The average molecular weight is 750 g/mol. The first-order valence-electron chi connectivity index (χ1n) is 19.8. The first kappa shape index (κ1) is 35.0. The maximum atomic E-state index is 5.09. The van der Waals surface area contributed by atoms with Gasteiger partial charge in [-0.1, -0.05) is 184 Å². The standard InChI is InChI=1S/C53H43N3Si/c1-53(2)48-28-24-41(32-46(48)47-33-42(25-29-49(47)53)37-22-26-45(27-23-37)57(3,4)5)36-14-18-38(19-15-36)50-54-51(43-20-16-34-10-6-8-12-39(34)30-43)56-52(55-50)44-21-17-35-11-7-9-13-40(35)31-44/h6-33H,1-5H3. The van der Waals surface area contributed by atoms with Crippen LogP contribution in [-0.4, -0.2) is 23.0 Å². The normalized spacial score (nSPS) is 13.1. The molecule has 274 valence electrons. The fourth-order valence-electron chi connectivity index (χ4n) is 8.52. The van der Waals surface area contributed by atoms with Crippen molar-refractivity contribution < 1.29 is 0 Å². The Labute approximate surface area is 335 Å². The van der Waals surface area contributed by atoms with Crippen LogP contribution in [0.3, 0.4) is 0 Å². The van der Waals surface area contributed by atoms with Gasteiger partial charge in [-0.05, 0) is 90.3 Å². The van der Waals surface area contributed by atoms with Crippen LogP contribution in [0, 0.1) is 0 Å². The van der Waals surface area contributed by atoms with E-state index in [0.717, 1.165) is 33.0 Å². The van der Waals surface area contributed by atoms with E-state index in [1.54, 1.807) is 0 Å². The molecule has 0 saturated carbocycles. The molecule has 1 heterocycles. The van der Waals surface area contributed by atoms with Crippen LogP contribution in [0.1, 0.15) is 25.0 Å². The van der Waals surface area contributed by atoms with Gasteiger partial charge in [0.2, 0.25) is 0 Å². The zero-order valence-corrected chi connectivity index (χ0v) is 34.0. The summed E-state index contributed by atoms with van der Waals surface area (Å²) in [5.41, 5.74) is 13.1. The second kappa shape index (κ2) is 13.3. The van der Waals surface area contributed by atoms with Crippen molar-refractivity contribution in [3.63, 3.8) is 0 Å².